The first-order valence-corrected chi connectivity index (χ1v) is 10.9. The molecule has 2 aliphatic carbocycles. The van der Waals surface area contributed by atoms with Gasteiger partial charge in [0.2, 0.25) is 0 Å². The van der Waals surface area contributed by atoms with E-state index in [0.717, 1.165) is 42.3 Å². The molecule has 2 aliphatic heterocycles. The van der Waals surface area contributed by atoms with Crippen LogP contribution in [0.2, 0.25) is 5.02 Å². The summed E-state index contributed by atoms with van der Waals surface area (Å²) in [6.07, 6.45) is 5.16. The maximum atomic E-state index is 13.5. The molecule has 3 heterocycles. The van der Waals surface area contributed by atoms with Gasteiger partial charge in [-0.05, 0) is 25.0 Å². The molecule has 2 aromatic rings. The van der Waals surface area contributed by atoms with Gasteiger partial charge in [-0.25, -0.2) is 8.78 Å². The molecule has 2 saturated carbocycles. The highest BCUT2D eigenvalue weighted by atomic mass is 35.5. The molecule has 5 nitrogen and oxygen atoms in total. The summed E-state index contributed by atoms with van der Waals surface area (Å²) in [5.41, 5.74) is 1.99. The third-order valence-corrected chi connectivity index (χ3v) is 7.61. The number of hydrogen-bond donors (Lipinski definition) is 2. The minimum absolute atomic E-state index is 0.0826. The Morgan fingerprint density at radius 2 is 1.90 bits per heavy atom. The molecule has 0 bridgehead atoms. The number of nitrogens with one attached hydrogen (secondary N) is 2. The van der Waals surface area contributed by atoms with Crippen LogP contribution >= 0.6 is 11.6 Å². The number of anilines is 1. The van der Waals surface area contributed by atoms with Crippen molar-refractivity contribution >= 4 is 34.2 Å². The van der Waals surface area contributed by atoms with Gasteiger partial charge in [0, 0.05) is 24.0 Å². The van der Waals surface area contributed by atoms with E-state index in [1.165, 1.54) is 11.3 Å². The fourth-order valence-corrected chi connectivity index (χ4v) is 5.99. The van der Waals surface area contributed by atoms with Gasteiger partial charge in [-0.2, -0.15) is 0 Å². The molecule has 6 rings (SSSR count). The number of rotatable bonds is 1. The van der Waals surface area contributed by atoms with Gasteiger partial charge >= 0.3 is 0 Å². The Morgan fingerprint density at radius 3 is 2.60 bits per heavy atom. The minimum atomic E-state index is -2.62. The number of alkyl halides is 2. The van der Waals surface area contributed by atoms with Crippen molar-refractivity contribution in [3.8, 4) is 0 Å². The first-order valence-electron chi connectivity index (χ1n) is 10.5. The molecule has 3 fully saturated rings. The normalized spacial score (nSPS) is 28.1. The van der Waals surface area contributed by atoms with Gasteiger partial charge in [-0.1, -0.05) is 37.4 Å². The number of halogens is 3. The maximum absolute atomic E-state index is 13.5. The van der Waals surface area contributed by atoms with Gasteiger partial charge < -0.3 is 20.0 Å². The minimum Gasteiger partial charge on any atom is -0.450 e. The molecule has 4 aliphatic rings. The van der Waals surface area contributed by atoms with Crippen molar-refractivity contribution in [1.82, 2.24) is 10.2 Å². The second-order valence-corrected chi connectivity index (χ2v) is 9.51. The molecule has 1 amide bonds. The molecule has 1 saturated heterocycles. The van der Waals surface area contributed by atoms with Crippen molar-refractivity contribution in [2.24, 2.45) is 11.8 Å². The first kappa shape index (κ1) is 18.5. The van der Waals surface area contributed by atoms with Crippen molar-refractivity contribution in [1.29, 1.82) is 0 Å². The number of nitrogens with zero attached hydrogens (tertiary/aromatic N) is 1. The highest BCUT2D eigenvalue weighted by molar-refractivity contribution is 6.34. The van der Waals surface area contributed by atoms with Gasteiger partial charge in [0.15, 0.2) is 5.76 Å². The molecular formula is C22H22ClF2N3O2. The van der Waals surface area contributed by atoms with E-state index < -0.39 is 17.8 Å². The quantitative estimate of drug-likeness (QED) is 0.659. The Labute approximate surface area is 177 Å². The van der Waals surface area contributed by atoms with Crippen molar-refractivity contribution < 1.29 is 18.0 Å². The SMILES string of the molecule is C=C1Nc2c(Cl)cc3cc(C(=O)N4CC5C(C4)C5(F)F)oc3c2C2(CCCCC2)N1. The lowest BCUT2D eigenvalue weighted by Crippen LogP contribution is -2.48. The Hall–Kier alpha value is -2.28. The van der Waals surface area contributed by atoms with Gasteiger partial charge in [0.25, 0.3) is 11.8 Å². The second-order valence-electron chi connectivity index (χ2n) is 9.11. The predicted molar refractivity (Wildman–Crippen MR) is 110 cm³/mol. The fourth-order valence-electron chi connectivity index (χ4n) is 5.73. The smallest absolute Gasteiger partial charge is 0.289 e. The van der Waals surface area contributed by atoms with E-state index in [4.69, 9.17) is 16.0 Å². The molecule has 1 aromatic carbocycles. The Balaban J connectivity index is 1.43. The molecule has 2 N–H and O–H groups in total. The number of hydrogen-bond acceptors (Lipinski definition) is 4. The zero-order valence-corrected chi connectivity index (χ0v) is 17.1. The highest BCUT2D eigenvalue weighted by Crippen LogP contribution is 2.59. The van der Waals surface area contributed by atoms with Crippen LogP contribution in [0.15, 0.2) is 28.9 Å². The van der Waals surface area contributed by atoms with Gasteiger partial charge in [0.05, 0.1) is 33.9 Å². The van der Waals surface area contributed by atoms with Gasteiger partial charge in [-0.3, -0.25) is 4.79 Å². The fraction of sp³-hybridized carbons (Fsp3) is 0.500. The van der Waals surface area contributed by atoms with Crippen molar-refractivity contribution in [3.05, 3.63) is 40.9 Å². The van der Waals surface area contributed by atoms with Gasteiger partial charge in [0.1, 0.15) is 5.58 Å². The summed E-state index contributed by atoms with van der Waals surface area (Å²) in [4.78, 5) is 14.5. The Kier molecular flexibility index (Phi) is 3.64. The van der Waals surface area contributed by atoms with Crippen LogP contribution in [-0.2, 0) is 5.54 Å². The monoisotopic (exact) mass is 433 g/mol. The number of piperidine rings is 1. The number of likely N-dealkylation sites (tertiary alicyclic amines) is 1. The van der Waals surface area contributed by atoms with E-state index in [9.17, 15) is 13.6 Å². The average Bonchev–Trinajstić information content (AvgIpc) is 3.12. The van der Waals surface area contributed by atoms with Crippen molar-refractivity contribution in [3.63, 3.8) is 0 Å². The number of benzene rings is 1. The zero-order valence-electron chi connectivity index (χ0n) is 16.4. The lowest BCUT2D eigenvalue weighted by molar-refractivity contribution is 0.0444. The number of amides is 1. The van der Waals surface area contributed by atoms with Crippen molar-refractivity contribution in [2.45, 2.75) is 43.6 Å². The standard InChI is InChI=1S/C22H22ClF2N3O2/c1-11-26-18-15(23)7-12-8-16(20(29)28-9-13-14(10-28)22(13,24)25)30-19(12)17(18)21(27-11)5-3-2-4-6-21/h7-8,13-14,26-27H,1-6,9-10H2. The zero-order chi connectivity index (χ0) is 20.8. The highest BCUT2D eigenvalue weighted by Gasteiger charge is 2.72. The summed E-state index contributed by atoms with van der Waals surface area (Å²) >= 11 is 6.61. The Bertz CT molecular complexity index is 1090. The third kappa shape index (κ3) is 2.41. The van der Waals surface area contributed by atoms with Crippen LogP contribution < -0.4 is 10.6 Å². The van der Waals surface area contributed by atoms with E-state index in [0.29, 0.717) is 16.4 Å². The summed E-state index contributed by atoms with van der Waals surface area (Å²) in [6, 6.07) is 3.47. The molecule has 0 radical (unpaired) electrons. The molecule has 8 heteroatoms. The van der Waals surface area contributed by atoms with Crippen LogP contribution in [0.4, 0.5) is 14.5 Å². The molecule has 2 atom stereocenters. The lowest BCUT2D eigenvalue weighted by atomic mass is 9.74. The molecular weight excluding hydrogens is 412 g/mol. The average molecular weight is 434 g/mol. The third-order valence-electron chi connectivity index (χ3n) is 7.31. The number of fused-ring (bicyclic) bond motifs is 5. The largest absolute Gasteiger partial charge is 0.450 e. The summed E-state index contributed by atoms with van der Waals surface area (Å²) in [7, 11) is 0. The van der Waals surface area contributed by atoms with Crippen LogP contribution in [0, 0.1) is 11.8 Å². The van der Waals surface area contributed by atoms with Crippen LogP contribution in [0.1, 0.15) is 48.2 Å². The molecule has 1 spiro atoms. The van der Waals surface area contributed by atoms with Crippen LogP contribution in [0.5, 0.6) is 0 Å². The summed E-state index contributed by atoms with van der Waals surface area (Å²) in [5, 5.41) is 8.04. The van der Waals surface area contributed by atoms with E-state index in [1.807, 2.05) is 0 Å². The number of carbonyl (C=O) groups excluding carboxylic acids is 1. The summed E-state index contributed by atoms with van der Waals surface area (Å²) in [5.74, 6) is -3.50. The van der Waals surface area contributed by atoms with Crippen molar-refractivity contribution in [2.75, 3.05) is 18.4 Å². The van der Waals surface area contributed by atoms with Gasteiger partial charge in [-0.15, -0.1) is 0 Å². The first-order chi connectivity index (χ1) is 14.3. The van der Waals surface area contributed by atoms with E-state index >= 15 is 0 Å². The summed E-state index contributed by atoms with van der Waals surface area (Å²) < 4.78 is 33.1. The van der Waals surface area contributed by atoms with E-state index in [1.54, 1.807) is 12.1 Å². The van der Waals surface area contributed by atoms with E-state index in [-0.39, 0.29) is 30.3 Å². The van der Waals surface area contributed by atoms with Crippen LogP contribution in [0.25, 0.3) is 11.0 Å². The molecule has 158 valence electrons. The number of furan rings is 1. The van der Waals surface area contributed by atoms with E-state index in [2.05, 4.69) is 17.2 Å². The van der Waals surface area contributed by atoms with Crippen LogP contribution in [0.3, 0.4) is 0 Å². The predicted octanol–water partition coefficient (Wildman–Crippen LogP) is 5.07. The lowest BCUT2D eigenvalue weighted by Gasteiger charge is -2.44. The second kappa shape index (κ2) is 5.90. The molecule has 30 heavy (non-hydrogen) atoms. The Morgan fingerprint density at radius 1 is 1.20 bits per heavy atom. The molecule has 2 unspecified atom stereocenters. The summed E-state index contributed by atoms with van der Waals surface area (Å²) in [6.45, 7) is 4.22. The topological polar surface area (TPSA) is 57.5 Å². The number of carbonyl (C=O) groups is 1. The molecule has 1 aromatic heterocycles. The maximum Gasteiger partial charge on any atom is 0.289 e. The van der Waals surface area contributed by atoms with Crippen LogP contribution in [-0.4, -0.2) is 29.8 Å².